The highest BCUT2D eigenvalue weighted by molar-refractivity contribution is 5.80. The standard InChI is InChI=1S/C17H17FN2O/c18-15-6-5-13-7-8-20(16(13)11-15)9-10-21-17-4-2-1-3-14(17)12-19/h1-8,11H,9-10,12,19H2. The predicted octanol–water partition coefficient (Wildman–Crippen LogP) is 3.32. The van der Waals surface area contributed by atoms with Gasteiger partial charge in [0.1, 0.15) is 18.2 Å². The summed E-state index contributed by atoms with van der Waals surface area (Å²) in [7, 11) is 0. The normalized spacial score (nSPS) is 11.0. The van der Waals surface area contributed by atoms with E-state index in [1.165, 1.54) is 6.07 Å². The maximum absolute atomic E-state index is 13.3. The van der Waals surface area contributed by atoms with E-state index in [-0.39, 0.29) is 5.82 Å². The van der Waals surface area contributed by atoms with Gasteiger partial charge in [-0.15, -0.1) is 0 Å². The lowest BCUT2D eigenvalue weighted by atomic mass is 10.2. The van der Waals surface area contributed by atoms with Gasteiger partial charge in [0.15, 0.2) is 0 Å². The van der Waals surface area contributed by atoms with Crippen molar-refractivity contribution in [2.45, 2.75) is 13.1 Å². The number of hydrogen-bond acceptors (Lipinski definition) is 2. The van der Waals surface area contributed by atoms with Crippen LogP contribution < -0.4 is 10.5 Å². The molecule has 1 heterocycles. The number of hydrogen-bond donors (Lipinski definition) is 1. The molecule has 2 N–H and O–H groups in total. The van der Waals surface area contributed by atoms with Crippen LogP contribution >= 0.6 is 0 Å². The third-order valence-electron chi connectivity index (χ3n) is 3.52. The molecule has 3 rings (SSSR count). The molecule has 2 aromatic carbocycles. The van der Waals surface area contributed by atoms with Crippen LogP contribution in [0.15, 0.2) is 54.7 Å². The van der Waals surface area contributed by atoms with Gasteiger partial charge in [0.25, 0.3) is 0 Å². The van der Waals surface area contributed by atoms with Crippen LogP contribution in [0, 0.1) is 5.82 Å². The summed E-state index contributed by atoms with van der Waals surface area (Å²) < 4.78 is 21.1. The van der Waals surface area contributed by atoms with E-state index in [1.807, 2.05) is 41.1 Å². The summed E-state index contributed by atoms with van der Waals surface area (Å²) in [5, 5.41) is 1.03. The van der Waals surface area contributed by atoms with Crippen molar-refractivity contribution in [3.63, 3.8) is 0 Å². The number of nitrogens with two attached hydrogens (primary N) is 1. The molecule has 0 radical (unpaired) electrons. The average molecular weight is 284 g/mol. The van der Waals surface area contributed by atoms with Gasteiger partial charge in [0.2, 0.25) is 0 Å². The highest BCUT2D eigenvalue weighted by atomic mass is 19.1. The second-order valence-corrected chi connectivity index (χ2v) is 4.87. The first-order chi connectivity index (χ1) is 10.3. The van der Waals surface area contributed by atoms with E-state index >= 15 is 0 Å². The van der Waals surface area contributed by atoms with E-state index in [4.69, 9.17) is 10.5 Å². The van der Waals surface area contributed by atoms with Gasteiger partial charge in [-0.05, 0) is 35.7 Å². The quantitative estimate of drug-likeness (QED) is 0.780. The minimum Gasteiger partial charge on any atom is -0.491 e. The SMILES string of the molecule is NCc1ccccc1OCCn1ccc2ccc(F)cc21. The topological polar surface area (TPSA) is 40.2 Å². The lowest BCUT2D eigenvalue weighted by Gasteiger charge is -2.11. The Morgan fingerprint density at radius 3 is 2.81 bits per heavy atom. The third kappa shape index (κ3) is 2.90. The molecule has 0 atom stereocenters. The lowest BCUT2D eigenvalue weighted by Crippen LogP contribution is -2.09. The Kier molecular flexibility index (Phi) is 3.88. The molecule has 4 heteroatoms. The smallest absolute Gasteiger partial charge is 0.125 e. The average Bonchev–Trinajstić information content (AvgIpc) is 2.90. The van der Waals surface area contributed by atoms with Crippen LogP contribution in [0.1, 0.15) is 5.56 Å². The van der Waals surface area contributed by atoms with Crippen molar-refractivity contribution < 1.29 is 9.13 Å². The first kappa shape index (κ1) is 13.6. The van der Waals surface area contributed by atoms with Gasteiger partial charge < -0.3 is 15.0 Å². The Labute approximate surface area is 122 Å². The molecule has 3 aromatic rings. The summed E-state index contributed by atoms with van der Waals surface area (Å²) in [5.74, 6) is 0.583. The highest BCUT2D eigenvalue weighted by Gasteiger charge is 2.04. The lowest BCUT2D eigenvalue weighted by molar-refractivity contribution is 0.297. The van der Waals surface area contributed by atoms with E-state index in [9.17, 15) is 4.39 Å². The first-order valence-electron chi connectivity index (χ1n) is 6.93. The molecule has 108 valence electrons. The van der Waals surface area contributed by atoms with Crippen LogP contribution in [0.4, 0.5) is 4.39 Å². The number of halogens is 1. The molecule has 0 aliphatic carbocycles. The fraction of sp³-hybridized carbons (Fsp3) is 0.176. The molecule has 0 saturated heterocycles. The van der Waals surface area contributed by atoms with Gasteiger partial charge in [-0.3, -0.25) is 0 Å². The summed E-state index contributed by atoms with van der Waals surface area (Å²) >= 11 is 0. The number of fused-ring (bicyclic) bond motifs is 1. The van der Waals surface area contributed by atoms with Gasteiger partial charge in [-0.1, -0.05) is 18.2 Å². The van der Waals surface area contributed by atoms with E-state index in [0.29, 0.717) is 19.7 Å². The van der Waals surface area contributed by atoms with Crippen molar-refractivity contribution in [2.75, 3.05) is 6.61 Å². The zero-order valence-corrected chi connectivity index (χ0v) is 11.6. The molecule has 21 heavy (non-hydrogen) atoms. The Morgan fingerprint density at radius 2 is 1.95 bits per heavy atom. The van der Waals surface area contributed by atoms with Gasteiger partial charge in [0, 0.05) is 18.3 Å². The summed E-state index contributed by atoms with van der Waals surface area (Å²) in [6.45, 7) is 1.62. The molecule has 0 bridgehead atoms. The van der Waals surface area contributed by atoms with Crippen LogP contribution in [0.5, 0.6) is 5.75 Å². The molecule has 0 aliphatic rings. The number of benzene rings is 2. The fourth-order valence-corrected chi connectivity index (χ4v) is 2.42. The van der Waals surface area contributed by atoms with Crippen LogP contribution in [0.25, 0.3) is 10.9 Å². The van der Waals surface area contributed by atoms with Crippen molar-refractivity contribution >= 4 is 10.9 Å². The first-order valence-corrected chi connectivity index (χ1v) is 6.93. The number of aromatic nitrogens is 1. The molecule has 0 amide bonds. The number of nitrogens with zero attached hydrogens (tertiary/aromatic N) is 1. The molecule has 0 unspecified atom stereocenters. The van der Waals surface area contributed by atoms with Crippen LogP contribution in [0.2, 0.25) is 0 Å². The van der Waals surface area contributed by atoms with Crippen molar-refractivity contribution in [3.05, 3.63) is 66.1 Å². The van der Waals surface area contributed by atoms with E-state index in [1.54, 1.807) is 12.1 Å². The Hall–Kier alpha value is -2.33. The second kappa shape index (κ2) is 5.97. The zero-order valence-electron chi connectivity index (χ0n) is 11.6. The Balaban J connectivity index is 1.71. The molecular formula is C17H17FN2O. The largest absolute Gasteiger partial charge is 0.491 e. The monoisotopic (exact) mass is 284 g/mol. The summed E-state index contributed by atoms with van der Waals surface area (Å²) in [5.41, 5.74) is 7.55. The fourth-order valence-electron chi connectivity index (χ4n) is 2.42. The van der Waals surface area contributed by atoms with Crippen LogP contribution in [0.3, 0.4) is 0 Å². The van der Waals surface area contributed by atoms with Gasteiger partial charge in [0.05, 0.1) is 12.1 Å². The van der Waals surface area contributed by atoms with Crippen molar-refractivity contribution in [1.82, 2.24) is 4.57 Å². The van der Waals surface area contributed by atoms with Crippen LogP contribution in [-0.4, -0.2) is 11.2 Å². The zero-order chi connectivity index (χ0) is 14.7. The molecule has 0 saturated carbocycles. The van der Waals surface area contributed by atoms with Crippen LogP contribution in [-0.2, 0) is 13.1 Å². The molecule has 3 nitrogen and oxygen atoms in total. The predicted molar refractivity (Wildman–Crippen MR) is 81.7 cm³/mol. The maximum atomic E-state index is 13.3. The van der Waals surface area contributed by atoms with E-state index < -0.39 is 0 Å². The molecule has 0 spiro atoms. The number of rotatable bonds is 5. The summed E-state index contributed by atoms with van der Waals surface area (Å²) in [6.07, 6.45) is 1.95. The van der Waals surface area contributed by atoms with Crippen molar-refractivity contribution in [2.24, 2.45) is 5.73 Å². The highest BCUT2D eigenvalue weighted by Crippen LogP contribution is 2.19. The Morgan fingerprint density at radius 1 is 1.10 bits per heavy atom. The summed E-state index contributed by atoms with van der Waals surface area (Å²) in [4.78, 5) is 0. The minimum atomic E-state index is -0.225. The molecule has 0 fully saturated rings. The minimum absolute atomic E-state index is 0.225. The second-order valence-electron chi connectivity index (χ2n) is 4.87. The summed E-state index contributed by atoms with van der Waals surface area (Å²) in [6, 6.07) is 14.5. The Bertz CT molecular complexity index is 751. The van der Waals surface area contributed by atoms with E-state index in [2.05, 4.69) is 0 Å². The molecule has 0 aliphatic heterocycles. The van der Waals surface area contributed by atoms with E-state index in [0.717, 1.165) is 22.2 Å². The van der Waals surface area contributed by atoms with Gasteiger partial charge in [-0.25, -0.2) is 4.39 Å². The van der Waals surface area contributed by atoms with Gasteiger partial charge >= 0.3 is 0 Å². The van der Waals surface area contributed by atoms with Gasteiger partial charge in [-0.2, -0.15) is 0 Å². The molecular weight excluding hydrogens is 267 g/mol. The maximum Gasteiger partial charge on any atom is 0.125 e. The van der Waals surface area contributed by atoms with Crippen molar-refractivity contribution in [3.8, 4) is 5.75 Å². The molecule has 1 aromatic heterocycles. The number of para-hydroxylation sites is 1. The number of ether oxygens (including phenoxy) is 1. The van der Waals surface area contributed by atoms with Crippen molar-refractivity contribution in [1.29, 1.82) is 0 Å². The third-order valence-corrected chi connectivity index (χ3v) is 3.52.